The van der Waals surface area contributed by atoms with Crippen LogP contribution in [0.4, 0.5) is 0 Å². The van der Waals surface area contributed by atoms with Gasteiger partial charge >= 0.3 is 0 Å². The number of carbonyl (C=O) groups excluding carboxylic acids is 3. The maximum atomic E-state index is 13.1. The van der Waals surface area contributed by atoms with Gasteiger partial charge in [-0.1, -0.05) is 44.2 Å². The van der Waals surface area contributed by atoms with Gasteiger partial charge in [0.1, 0.15) is 6.04 Å². The first kappa shape index (κ1) is 26.6. The summed E-state index contributed by atoms with van der Waals surface area (Å²) >= 11 is 0. The summed E-state index contributed by atoms with van der Waals surface area (Å²) in [6, 6.07) is 8.46. The van der Waals surface area contributed by atoms with E-state index in [1.54, 1.807) is 6.92 Å². The van der Waals surface area contributed by atoms with E-state index in [0.29, 0.717) is 44.1 Å². The zero-order chi connectivity index (χ0) is 23.2. The summed E-state index contributed by atoms with van der Waals surface area (Å²) in [5, 5.41) is 16.0. The first-order valence-corrected chi connectivity index (χ1v) is 10.9. The average molecular weight is 436 g/mol. The topological polar surface area (TPSA) is 108 Å². The lowest BCUT2D eigenvalue weighted by Crippen LogP contribution is -2.54. The van der Waals surface area contributed by atoms with Crippen LogP contribution in [0, 0.1) is 11.8 Å². The second-order valence-electron chi connectivity index (χ2n) is 7.93. The van der Waals surface area contributed by atoms with Crippen LogP contribution >= 0.6 is 0 Å². The summed E-state index contributed by atoms with van der Waals surface area (Å²) in [5.41, 5.74) is 1.15. The Morgan fingerprint density at radius 2 is 1.84 bits per heavy atom. The van der Waals surface area contributed by atoms with Crippen molar-refractivity contribution < 1.29 is 24.3 Å². The molecule has 0 radical (unpaired) electrons. The number of hydrogen-bond acceptors (Lipinski definition) is 5. The molecule has 8 heteroatoms. The summed E-state index contributed by atoms with van der Waals surface area (Å²) in [5.74, 6) is -1.43. The van der Waals surface area contributed by atoms with Crippen molar-refractivity contribution in [3.05, 3.63) is 35.9 Å². The predicted molar refractivity (Wildman–Crippen MR) is 118 cm³/mol. The molecule has 0 saturated heterocycles. The lowest BCUT2D eigenvalue weighted by Gasteiger charge is -2.30. The molecule has 0 saturated carbocycles. The van der Waals surface area contributed by atoms with Gasteiger partial charge in [0.05, 0.1) is 18.6 Å². The smallest absolute Gasteiger partial charge is 0.242 e. The Morgan fingerprint density at radius 3 is 2.42 bits per heavy atom. The number of benzene rings is 1. The highest BCUT2D eigenvalue weighted by molar-refractivity contribution is 5.89. The molecule has 0 aliphatic rings. The molecule has 3 unspecified atom stereocenters. The average Bonchev–Trinajstić information content (AvgIpc) is 2.77. The molecule has 0 heterocycles. The first-order valence-electron chi connectivity index (χ1n) is 10.9. The van der Waals surface area contributed by atoms with Gasteiger partial charge in [0.2, 0.25) is 18.2 Å². The second-order valence-corrected chi connectivity index (χ2v) is 7.93. The zero-order valence-corrected chi connectivity index (χ0v) is 19.0. The van der Waals surface area contributed by atoms with Crippen molar-refractivity contribution in [2.45, 2.75) is 59.0 Å². The fourth-order valence-electron chi connectivity index (χ4n) is 3.34. The molecule has 0 aliphatic heterocycles. The third-order valence-electron chi connectivity index (χ3n) is 5.26. The summed E-state index contributed by atoms with van der Waals surface area (Å²) in [6.45, 7) is 8.53. The van der Waals surface area contributed by atoms with Gasteiger partial charge in [-0.25, -0.2) is 5.06 Å². The highest BCUT2D eigenvalue weighted by Crippen LogP contribution is 2.19. The van der Waals surface area contributed by atoms with Gasteiger partial charge in [0.15, 0.2) is 0 Å². The fraction of sp³-hybridized carbons (Fsp3) is 0.609. The molecule has 1 aromatic rings. The maximum Gasteiger partial charge on any atom is 0.242 e. The van der Waals surface area contributed by atoms with Crippen LogP contribution in [0.2, 0.25) is 0 Å². The van der Waals surface area contributed by atoms with Crippen molar-refractivity contribution in [3.8, 4) is 0 Å². The van der Waals surface area contributed by atoms with Gasteiger partial charge in [-0.2, -0.15) is 0 Å². The number of carbonyl (C=O) groups is 3. The Balaban J connectivity index is 2.80. The number of amides is 3. The third kappa shape index (κ3) is 9.48. The molecule has 1 rings (SSSR count). The van der Waals surface area contributed by atoms with Crippen LogP contribution in [0.5, 0.6) is 0 Å². The van der Waals surface area contributed by atoms with Crippen LogP contribution in [-0.4, -0.2) is 60.3 Å². The van der Waals surface area contributed by atoms with Crippen LogP contribution in [0.25, 0.3) is 0 Å². The first-order chi connectivity index (χ1) is 14.8. The van der Waals surface area contributed by atoms with Gasteiger partial charge in [0.25, 0.3) is 0 Å². The van der Waals surface area contributed by atoms with E-state index in [1.165, 1.54) is 0 Å². The molecule has 174 valence electrons. The lowest BCUT2D eigenvalue weighted by molar-refractivity contribution is -0.166. The number of rotatable bonds is 15. The third-order valence-corrected chi connectivity index (χ3v) is 5.26. The Labute approximate surface area is 185 Å². The van der Waals surface area contributed by atoms with Gasteiger partial charge in [-0.05, 0) is 44.6 Å². The van der Waals surface area contributed by atoms with Crippen LogP contribution in [0.15, 0.2) is 30.3 Å². The van der Waals surface area contributed by atoms with E-state index in [4.69, 9.17) is 4.74 Å². The molecular formula is C23H37N3O5. The molecule has 0 aliphatic carbocycles. The summed E-state index contributed by atoms with van der Waals surface area (Å²) in [7, 11) is 0. The van der Waals surface area contributed by atoms with E-state index in [1.807, 2.05) is 51.1 Å². The Morgan fingerprint density at radius 1 is 1.16 bits per heavy atom. The number of hydroxylamine groups is 2. The molecule has 3 atom stereocenters. The minimum Gasteiger partial charge on any atom is -0.380 e. The number of ether oxygens (including phenoxy) is 1. The van der Waals surface area contributed by atoms with E-state index in [0.717, 1.165) is 12.0 Å². The predicted octanol–water partition coefficient (Wildman–Crippen LogP) is 2.16. The van der Waals surface area contributed by atoms with Gasteiger partial charge in [-0.3, -0.25) is 19.6 Å². The van der Waals surface area contributed by atoms with Crippen molar-refractivity contribution >= 4 is 18.2 Å². The van der Waals surface area contributed by atoms with Crippen molar-refractivity contribution in [3.63, 3.8) is 0 Å². The molecule has 0 fully saturated rings. The Bertz CT molecular complexity index is 668. The van der Waals surface area contributed by atoms with Crippen molar-refractivity contribution in [1.82, 2.24) is 15.7 Å². The number of nitrogens with one attached hydrogen (secondary N) is 2. The molecule has 0 bridgehead atoms. The van der Waals surface area contributed by atoms with Crippen LogP contribution in [-0.2, 0) is 25.5 Å². The molecule has 31 heavy (non-hydrogen) atoms. The molecule has 3 amide bonds. The maximum absolute atomic E-state index is 13.1. The Hall–Kier alpha value is -2.45. The quantitative estimate of drug-likeness (QED) is 0.169. The molecular weight excluding hydrogens is 398 g/mol. The number of nitrogens with zero attached hydrogens (tertiary/aromatic N) is 1. The normalized spacial score (nSPS) is 13.9. The lowest BCUT2D eigenvalue weighted by atomic mass is 9.91. The molecule has 8 nitrogen and oxygen atoms in total. The van der Waals surface area contributed by atoms with E-state index < -0.39 is 18.0 Å². The van der Waals surface area contributed by atoms with Crippen molar-refractivity contribution in [2.24, 2.45) is 11.8 Å². The monoisotopic (exact) mass is 435 g/mol. The number of hydrogen-bond donors (Lipinski definition) is 3. The van der Waals surface area contributed by atoms with Gasteiger partial charge < -0.3 is 15.4 Å². The van der Waals surface area contributed by atoms with Gasteiger partial charge in [0, 0.05) is 13.2 Å². The Kier molecular flexibility index (Phi) is 12.5. The van der Waals surface area contributed by atoms with Crippen LogP contribution < -0.4 is 10.6 Å². The van der Waals surface area contributed by atoms with Crippen molar-refractivity contribution in [2.75, 3.05) is 19.8 Å². The summed E-state index contributed by atoms with van der Waals surface area (Å²) < 4.78 is 5.23. The minimum atomic E-state index is -0.721. The summed E-state index contributed by atoms with van der Waals surface area (Å²) in [4.78, 5) is 36.7. The SMILES string of the molecule is CCOCCNC(=O)C(NC(=O)C(CCCc1ccccc1)C(C)N(O)C=O)C(C)C. The largest absolute Gasteiger partial charge is 0.380 e. The highest BCUT2D eigenvalue weighted by Gasteiger charge is 2.32. The minimum absolute atomic E-state index is 0.132. The zero-order valence-electron chi connectivity index (χ0n) is 19.0. The molecule has 0 spiro atoms. The highest BCUT2D eigenvalue weighted by atomic mass is 16.5. The standard InChI is InChI=1S/C23H37N3O5/c1-5-31-15-14-24-23(29)21(17(2)3)25-22(28)20(18(4)26(30)16-27)13-9-12-19-10-7-6-8-11-19/h6-8,10-11,16-18,20-21,30H,5,9,12-15H2,1-4H3,(H,24,29)(H,25,28). The van der Waals surface area contributed by atoms with Crippen LogP contribution in [0.3, 0.4) is 0 Å². The van der Waals surface area contributed by atoms with E-state index in [-0.39, 0.29) is 17.7 Å². The van der Waals surface area contributed by atoms with E-state index in [2.05, 4.69) is 10.6 Å². The fourth-order valence-corrected chi connectivity index (χ4v) is 3.34. The van der Waals surface area contributed by atoms with E-state index >= 15 is 0 Å². The molecule has 1 aromatic carbocycles. The van der Waals surface area contributed by atoms with Crippen molar-refractivity contribution in [1.29, 1.82) is 0 Å². The van der Waals surface area contributed by atoms with Crippen LogP contribution in [0.1, 0.15) is 46.1 Å². The second kappa shape index (κ2) is 14.5. The van der Waals surface area contributed by atoms with E-state index in [9.17, 15) is 19.6 Å². The number of aryl methyl sites for hydroxylation is 1. The molecule has 3 N–H and O–H groups in total. The van der Waals surface area contributed by atoms with Gasteiger partial charge in [-0.15, -0.1) is 0 Å². The summed E-state index contributed by atoms with van der Waals surface area (Å²) in [6.07, 6.45) is 2.23. The molecule has 0 aromatic heterocycles.